The molecule has 0 aromatic carbocycles. The Balaban J connectivity index is 0.00000232. The lowest BCUT2D eigenvalue weighted by Gasteiger charge is -2.46. The van der Waals surface area contributed by atoms with Gasteiger partial charge in [0.25, 0.3) is 16.7 Å². The van der Waals surface area contributed by atoms with E-state index in [4.69, 9.17) is 22.2 Å². The molecule has 0 spiro atoms. The Morgan fingerprint density at radius 1 is 0.522 bits per heavy atom. The largest absolute Gasteiger partial charge is 0.437 e. The number of anilines is 3. The number of nitrogens with zero attached hydrogens (tertiary/aromatic N) is 4. The van der Waals surface area contributed by atoms with Gasteiger partial charge >= 0.3 is 48.7 Å². The van der Waals surface area contributed by atoms with Gasteiger partial charge in [-0.25, -0.2) is 48.7 Å². The highest BCUT2D eigenvalue weighted by atomic mass is 28.5. The number of isocyanates is 1. The Bertz CT molecular complexity index is 3540. The molecular weight excluding hydrogens is 1540 g/mol. The maximum absolute atomic E-state index is 13.0. The molecule has 3 saturated carbocycles. The molecule has 644 valence electrons. The van der Waals surface area contributed by atoms with E-state index >= 15 is 0 Å². The van der Waals surface area contributed by atoms with E-state index in [0.29, 0.717) is 78.8 Å². The van der Waals surface area contributed by atoms with Gasteiger partial charge < -0.3 is 59.4 Å². The Morgan fingerprint density at radius 2 is 0.885 bits per heavy atom. The number of aromatic amines is 3. The third kappa shape index (κ3) is 43.9. The number of H-pyrrole nitrogens is 3. The molecular formula is C76H148N18O13Si6. The van der Waals surface area contributed by atoms with Gasteiger partial charge in [-0.2, -0.15) is 0 Å². The van der Waals surface area contributed by atoms with Gasteiger partial charge in [0, 0.05) is 80.1 Å². The van der Waals surface area contributed by atoms with E-state index in [1.165, 1.54) is 37.1 Å². The zero-order valence-electron chi connectivity index (χ0n) is 69.1. The Hall–Kier alpha value is -6.53. The molecule has 6 atom stereocenters. The second-order valence-electron chi connectivity index (χ2n) is 35.9. The first-order valence-corrected chi connectivity index (χ1v) is 52.5. The van der Waals surface area contributed by atoms with Crippen LogP contribution in [0, 0.1) is 53.3 Å². The molecule has 3 aliphatic rings. The number of rotatable bonds is 34. The number of aromatic nitrogens is 6. The number of carbonyl (C=O) groups excluding carboxylic acids is 6. The minimum Gasteiger partial charge on any atom is -0.437 e. The highest BCUT2D eigenvalue weighted by molar-refractivity contribution is 6.87. The van der Waals surface area contributed by atoms with Crippen LogP contribution in [-0.4, -0.2) is 177 Å². The molecule has 0 saturated heterocycles. The molecule has 15 N–H and O–H groups in total. The molecule has 3 aliphatic carbocycles. The second kappa shape index (κ2) is 47.6. The van der Waals surface area contributed by atoms with E-state index < -0.39 is 51.6 Å². The SMILES string of the molecule is C.C.C.C.CCCC[Si](C)(C)O[Si]O[Si]CCCN.Cc1cc(=O)[nH]c(NC(=O)NC2CC(C)(C)CC(C)(CNC(=O)NCCC[Si](C)(C)O[Si](C)(C)O[Si](C)(C)CCCNC(=O)NCC3(C)CC(NC(=O)Nc4nc(C)cc(=O)[nH]4)CC(C)(C)C3)C2)n1.Cc1cc(=O)[nH]c(NC(=O)NCC2(C)CC(N=C=O)CC(C)(C)C2)n1. The maximum Gasteiger partial charge on any atom is 0.409 e. The van der Waals surface area contributed by atoms with Crippen LogP contribution in [0.1, 0.15) is 206 Å². The summed E-state index contributed by atoms with van der Waals surface area (Å²) in [7, 11) is -7.40. The smallest absolute Gasteiger partial charge is 0.409 e. The molecule has 3 fully saturated rings. The molecule has 4 radical (unpaired) electrons. The van der Waals surface area contributed by atoms with Gasteiger partial charge in [0.1, 0.15) is 0 Å². The first-order valence-electron chi connectivity index (χ1n) is 38.4. The number of nitrogens with one attached hydrogen (secondary N) is 13. The fourth-order valence-corrected chi connectivity index (χ4v) is 34.4. The molecule has 0 aliphatic heterocycles. The fraction of sp³-hybridized carbons (Fsp3) is 0.763. The zero-order chi connectivity index (χ0) is 81.9. The summed E-state index contributed by atoms with van der Waals surface area (Å²) in [5.41, 5.74) is 5.13. The quantitative estimate of drug-likeness (QED) is 0.0114. The van der Waals surface area contributed by atoms with Crippen molar-refractivity contribution in [2.75, 3.05) is 55.2 Å². The number of hydrogen-bond donors (Lipinski definition) is 14. The third-order valence-electron chi connectivity index (χ3n) is 19.1. The number of amides is 10. The predicted octanol–water partition coefficient (Wildman–Crippen LogP) is 13.7. The number of aryl methyl sites for hydroxylation is 3. The van der Waals surface area contributed by atoms with Crippen molar-refractivity contribution in [2.24, 2.45) is 43.2 Å². The summed E-state index contributed by atoms with van der Waals surface area (Å²) >= 11 is 0. The van der Waals surface area contributed by atoms with Gasteiger partial charge in [-0.1, -0.05) is 112 Å². The Kier molecular flexibility index (Phi) is 44.9. The van der Waals surface area contributed by atoms with Crippen LogP contribution in [0.15, 0.2) is 37.6 Å². The number of unbranched alkanes of at least 4 members (excludes halogenated alkanes) is 1. The van der Waals surface area contributed by atoms with E-state index in [1.54, 1.807) is 26.9 Å². The van der Waals surface area contributed by atoms with Crippen LogP contribution in [-0.2, 0) is 21.3 Å². The lowest BCUT2D eigenvalue weighted by atomic mass is 9.62. The van der Waals surface area contributed by atoms with E-state index in [-0.39, 0.29) is 137 Å². The molecule has 0 bridgehead atoms. The Morgan fingerprint density at radius 3 is 1.26 bits per heavy atom. The number of aliphatic imine (C=N–C) groups is 1. The summed E-state index contributed by atoms with van der Waals surface area (Å²) in [5, 5.41) is 28.9. The minimum atomic E-state index is -2.49. The number of carbonyl (C=O) groups is 5. The van der Waals surface area contributed by atoms with Gasteiger partial charge in [0.05, 0.1) is 6.04 Å². The van der Waals surface area contributed by atoms with Gasteiger partial charge in [0.2, 0.25) is 33.7 Å². The van der Waals surface area contributed by atoms with Crippen LogP contribution in [0.5, 0.6) is 0 Å². The lowest BCUT2D eigenvalue weighted by Crippen LogP contribution is -2.53. The number of hydrogen-bond acceptors (Lipinski definition) is 18. The summed E-state index contributed by atoms with van der Waals surface area (Å²) in [5.74, 6) is 0.303. The van der Waals surface area contributed by atoms with Crippen LogP contribution < -0.4 is 75.6 Å². The van der Waals surface area contributed by atoms with Crippen LogP contribution in [0.25, 0.3) is 0 Å². The highest BCUT2D eigenvalue weighted by Crippen LogP contribution is 2.48. The van der Waals surface area contributed by atoms with Crippen LogP contribution in [0.2, 0.25) is 76.6 Å². The monoisotopic (exact) mass is 1690 g/mol. The number of nitrogens with two attached hydrogens (primary N) is 1. The normalized spacial score (nSPS) is 20.8. The van der Waals surface area contributed by atoms with Crippen LogP contribution in [0.3, 0.4) is 0 Å². The van der Waals surface area contributed by atoms with E-state index in [0.717, 1.165) is 82.5 Å². The molecule has 6 unspecified atom stereocenters. The number of urea groups is 5. The van der Waals surface area contributed by atoms with Crippen molar-refractivity contribution in [3.05, 3.63) is 66.3 Å². The van der Waals surface area contributed by atoms with Gasteiger partial charge in [-0.05, 0) is 213 Å². The molecule has 3 heterocycles. The first-order chi connectivity index (χ1) is 50.4. The molecule has 6 rings (SSSR count). The third-order valence-corrected chi connectivity index (χ3v) is 36.2. The minimum absolute atomic E-state index is 0. The average molecular weight is 1690 g/mol. The second-order valence-corrected chi connectivity index (χ2v) is 55.0. The molecule has 31 nitrogen and oxygen atoms in total. The summed E-state index contributed by atoms with van der Waals surface area (Å²) in [4.78, 5) is 133. The summed E-state index contributed by atoms with van der Waals surface area (Å²) in [6, 6.07) is 6.00. The zero-order valence-corrected chi connectivity index (χ0v) is 75.1. The van der Waals surface area contributed by atoms with Crippen molar-refractivity contribution in [3.63, 3.8) is 0 Å². The van der Waals surface area contributed by atoms with Gasteiger partial charge in [0.15, 0.2) is 25.0 Å². The molecule has 113 heavy (non-hydrogen) atoms. The summed E-state index contributed by atoms with van der Waals surface area (Å²) in [6.45, 7) is 47.3. The van der Waals surface area contributed by atoms with E-state index in [9.17, 15) is 43.2 Å². The maximum atomic E-state index is 13.0. The first kappa shape index (κ1) is 106. The van der Waals surface area contributed by atoms with Gasteiger partial charge in [-0.15, -0.1) is 0 Å². The topological polar surface area (TPSA) is 435 Å². The highest BCUT2D eigenvalue weighted by Gasteiger charge is 2.45. The molecule has 10 amide bonds. The summed E-state index contributed by atoms with van der Waals surface area (Å²) < 4.78 is 24.9. The predicted molar refractivity (Wildman–Crippen MR) is 469 cm³/mol. The van der Waals surface area contributed by atoms with E-state index in [2.05, 4.69) is 210 Å². The van der Waals surface area contributed by atoms with Crippen molar-refractivity contribution in [1.29, 1.82) is 0 Å². The van der Waals surface area contributed by atoms with Crippen molar-refractivity contribution in [3.8, 4) is 0 Å². The van der Waals surface area contributed by atoms with Crippen molar-refractivity contribution >= 4 is 107 Å². The van der Waals surface area contributed by atoms with Crippen molar-refractivity contribution in [1.82, 2.24) is 67.1 Å². The van der Waals surface area contributed by atoms with Crippen molar-refractivity contribution in [2.45, 2.75) is 304 Å². The van der Waals surface area contributed by atoms with Crippen LogP contribution in [0.4, 0.5) is 41.8 Å². The molecule has 3 aromatic rings. The van der Waals surface area contributed by atoms with Gasteiger partial charge in [-0.3, -0.25) is 45.3 Å². The molecule has 37 heteroatoms. The fourth-order valence-electron chi connectivity index (χ4n) is 16.3. The van der Waals surface area contributed by atoms with Crippen molar-refractivity contribution < 1.29 is 45.2 Å². The summed E-state index contributed by atoms with van der Waals surface area (Å²) in [6.07, 6.45) is 13.9. The molecule has 3 aromatic heterocycles. The average Bonchev–Trinajstić information content (AvgIpc) is 0.803. The lowest BCUT2D eigenvalue weighted by molar-refractivity contribution is 0.0753. The Labute approximate surface area is 685 Å². The van der Waals surface area contributed by atoms with E-state index in [1.807, 2.05) is 0 Å². The van der Waals surface area contributed by atoms with Crippen LogP contribution >= 0.6 is 0 Å². The standard InChI is InChI=1S/C46H84N12O8Si3.C17H25N5O3.C9H23NO2Si3.4CH4/c1-31-21-35(59)55-37(51-31)57-41(63)53-33-23-43(3,4)27-45(7,25-33)29-49-39(61)47-17-15-19-67(9,10)65-69(13,14)66-68(11,12)20-16-18-48-40(62)50-30-46(8)26-34(24-44(5,6)28-46)54-42(64)58-38-52-32(2)22-36(60)56-38;1-11-5-13(24)21-14(20-11)22-15(25)18-9-17(4)7-12(19-10-23)6-16(2,3)8-17;1-4-5-9-15(2,3)12-14-11-13-8-6-7-10;;;;/h21-22,33-34H,15-20,23-30H2,1-14H3,(H2,47,49,61)(H2,48,50,62)(H3,51,53,55,57,59,63)(H3,52,54,56,58,60,64);5,12H,6-9H2,1-4H3,(H3,18,20,21,22,24,25);4-10H2,1-3H3;4*1H4.